The predicted molar refractivity (Wildman–Crippen MR) is 120 cm³/mol. The van der Waals surface area contributed by atoms with Crippen molar-refractivity contribution < 1.29 is 14.3 Å². The van der Waals surface area contributed by atoms with E-state index < -0.39 is 11.5 Å². The van der Waals surface area contributed by atoms with Crippen molar-refractivity contribution in [3.05, 3.63) is 96.1 Å². The molecule has 0 unspecified atom stereocenters. The number of nitrogens with two attached hydrogens (primary N) is 1. The average molecular weight is 415 g/mol. The normalized spacial score (nSPS) is 18.5. The van der Waals surface area contributed by atoms with E-state index in [-0.39, 0.29) is 19.1 Å². The van der Waals surface area contributed by atoms with Crippen LogP contribution in [0.15, 0.2) is 84.9 Å². The van der Waals surface area contributed by atoms with Crippen LogP contribution in [0.5, 0.6) is 0 Å². The van der Waals surface area contributed by atoms with Crippen molar-refractivity contribution >= 4 is 11.8 Å². The Morgan fingerprint density at radius 3 is 2.23 bits per heavy atom. The van der Waals surface area contributed by atoms with Crippen LogP contribution in [0.1, 0.15) is 11.1 Å². The van der Waals surface area contributed by atoms with E-state index in [1.54, 1.807) is 4.90 Å². The lowest BCUT2D eigenvalue weighted by atomic mass is 9.90. The lowest BCUT2D eigenvalue weighted by molar-refractivity contribution is -0.163. The van der Waals surface area contributed by atoms with Gasteiger partial charge in [-0.15, -0.1) is 0 Å². The van der Waals surface area contributed by atoms with Crippen LogP contribution in [0.4, 0.5) is 0 Å². The average Bonchev–Trinajstić information content (AvgIpc) is 2.80. The van der Waals surface area contributed by atoms with Gasteiger partial charge in [0.15, 0.2) is 5.60 Å². The minimum atomic E-state index is -1.24. The molecule has 158 valence electrons. The number of ether oxygens (including phenoxy) is 1. The highest BCUT2D eigenvalue weighted by molar-refractivity contribution is 5.86. The zero-order valence-electron chi connectivity index (χ0n) is 17.4. The summed E-state index contributed by atoms with van der Waals surface area (Å²) in [7, 11) is 0. The molecule has 31 heavy (non-hydrogen) atoms. The number of morpholine rings is 1. The van der Waals surface area contributed by atoms with Gasteiger partial charge in [-0.3, -0.25) is 9.59 Å². The molecule has 2 amide bonds. The number of carbonyl (C=O) groups excluding carboxylic acids is 2. The number of carbonyl (C=O) groups is 2. The molecule has 4 rings (SSSR count). The Morgan fingerprint density at radius 2 is 1.52 bits per heavy atom. The Labute approximate surface area is 182 Å². The van der Waals surface area contributed by atoms with Gasteiger partial charge in [0.2, 0.25) is 5.91 Å². The second kappa shape index (κ2) is 9.14. The molecule has 1 fully saturated rings. The number of rotatable bonds is 6. The molecule has 5 heteroatoms. The van der Waals surface area contributed by atoms with Gasteiger partial charge < -0.3 is 15.4 Å². The molecule has 1 saturated heterocycles. The van der Waals surface area contributed by atoms with Crippen LogP contribution in [-0.2, 0) is 27.2 Å². The van der Waals surface area contributed by atoms with Gasteiger partial charge in [-0.25, -0.2) is 0 Å². The lowest BCUT2D eigenvalue weighted by Gasteiger charge is -2.41. The van der Waals surface area contributed by atoms with Crippen LogP contribution in [-0.4, -0.2) is 42.0 Å². The monoisotopic (exact) mass is 414 g/mol. The van der Waals surface area contributed by atoms with Crippen molar-refractivity contribution in [2.24, 2.45) is 5.73 Å². The summed E-state index contributed by atoms with van der Waals surface area (Å²) >= 11 is 0. The van der Waals surface area contributed by atoms with Crippen LogP contribution in [0, 0.1) is 0 Å². The van der Waals surface area contributed by atoms with E-state index in [1.807, 2.05) is 84.9 Å². The molecule has 0 bridgehead atoms. The summed E-state index contributed by atoms with van der Waals surface area (Å²) in [6, 6.07) is 27.7. The van der Waals surface area contributed by atoms with Gasteiger partial charge >= 0.3 is 0 Å². The maximum Gasteiger partial charge on any atom is 0.251 e. The van der Waals surface area contributed by atoms with Crippen LogP contribution < -0.4 is 5.73 Å². The molecule has 0 aliphatic carbocycles. The number of nitrogens with zero attached hydrogens (tertiary/aromatic N) is 1. The molecular formula is C26H26N2O3. The molecule has 0 radical (unpaired) electrons. The summed E-state index contributed by atoms with van der Waals surface area (Å²) in [6.07, 6.45) is 0.608. The number of primary amides is 1. The molecule has 0 spiro atoms. The number of benzene rings is 3. The zero-order chi connectivity index (χ0) is 21.7. The summed E-state index contributed by atoms with van der Waals surface area (Å²) in [5, 5.41) is 0. The smallest absolute Gasteiger partial charge is 0.251 e. The van der Waals surface area contributed by atoms with Crippen LogP contribution >= 0.6 is 0 Å². The third-order valence-corrected chi connectivity index (χ3v) is 5.71. The van der Waals surface area contributed by atoms with Gasteiger partial charge in [-0.1, -0.05) is 84.9 Å². The third kappa shape index (κ3) is 4.84. The maximum absolute atomic E-state index is 12.9. The van der Waals surface area contributed by atoms with E-state index >= 15 is 0 Å². The van der Waals surface area contributed by atoms with Crippen LogP contribution in [0.25, 0.3) is 11.1 Å². The fourth-order valence-corrected chi connectivity index (χ4v) is 4.04. The number of amides is 2. The van der Waals surface area contributed by atoms with E-state index in [9.17, 15) is 9.59 Å². The summed E-state index contributed by atoms with van der Waals surface area (Å²) in [5.41, 5.74) is 8.62. The minimum absolute atomic E-state index is 0.0295. The van der Waals surface area contributed by atoms with Gasteiger partial charge in [-0.05, 0) is 22.3 Å². The fourth-order valence-electron chi connectivity index (χ4n) is 4.04. The summed E-state index contributed by atoms with van der Waals surface area (Å²) < 4.78 is 5.94. The maximum atomic E-state index is 12.9. The molecule has 1 aliphatic heterocycles. The predicted octanol–water partition coefficient (Wildman–Crippen LogP) is 3.22. The molecular weight excluding hydrogens is 388 g/mol. The first-order valence-electron chi connectivity index (χ1n) is 10.5. The quantitative estimate of drug-likeness (QED) is 0.673. The van der Waals surface area contributed by atoms with Crippen molar-refractivity contribution in [1.82, 2.24) is 4.90 Å². The summed E-state index contributed by atoms with van der Waals surface area (Å²) in [6.45, 7) is 0.885. The summed E-state index contributed by atoms with van der Waals surface area (Å²) in [4.78, 5) is 27.1. The molecule has 1 aliphatic rings. The molecule has 2 N–H and O–H groups in total. The van der Waals surface area contributed by atoms with Crippen molar-refractivity contribution in [2.75, 3.05) is 19.7 Å². The molecule has 0 saturated carbocycles. The van der Waals surface area contributed by atoms with Gasteiger partial charge in [0.05, 0.1) is 19.6 Å². The van der Waals surface area contributed by atoms with E-state index in [1.165, 1.54) is 0 Å². The third-order valence-electron chi connectivity index (χ3n) is 5.71. The number of hydrogen-bond acceptors (Lipinski definition) is 3. The standard InChI is InChI=1S/C26H26N2O3/c27-25(30)26(18-21-10-7-13-23(16-21)22-11-5-2-6-12-22)19-28(14-15-31-26)24(29)17-20-8-3-1-4-9-20/h1-13,16H,14-15,17-19H2,(H2,27,30)/t26-/m1/s1. The Kier molecular flexibility index (Phi) is 6.14. The Morgan fingerprint density at radius 1 is 0.871 bits per heavy atom. The van der Waals surface area contributed by atoms with Gasteiger partial charge in [0, 0.05) is 13.0 Å². The van der Waals surface area contributed by atoms with Gasteiger partial charge in [0.25, 0.3) is 5.91 Å². The summed E-state index contributed by atoms with van der Waals surface area (Å²) in [5.74, 6) is -0.576. The highest BCUT2D eigenvalue weighted by Crippen LogP contribution is 2.27. The topological polar surface area (TPSA) is 72.6 Å². The van der Waals surface area contributed by atoms with Gasteiger partial charge in [-0.2, -0.15) is 0 Å². The van der Waals surface area contributed by atoms with E-state index in [0.29, 0.717) is 19.4 Å². The second-order valence-corrected chi connectivity index (χ2v) is 7.93. The zero-order valence-corrected chi connectivity index (χ0v) is 17.4. The van der Waals surface area contributed by atoms with E-state index in [0.717, 1.165) is 22.3 Å². The highest BCUT2D eigenvalue weighted by Gasteiger charge is 2.43. The van der Waals surface area contributed by atoms with E-state index in [2.05, 4.69) is 0 Å². The fraction of sp³-hybridized carbons (Fsp3) is 0.231. The lowest BCUT2D eigenvalue weighted by Crippen LogP contribution is -2.61. The first-order valence-corrected chi connectivity index (χ1v) is 10.5. The van der Waals surface area contributed by atoms with Crippen molar-refractivity contribution in [3.63, 3.8) is 0 Å². The van der Waals surface area contributed by atoms with Crippen LogP contribution in [0.2, 0.25) is 0 Å². The molecule has 3 aromatic carbocycles. The molecule has 0 aromatic heterocycles. The molecule has 1 heterocycles. The van der Waals surface area contributed by atoms with Crippen molar-refractivity contribution in [3.8, 4) is 11.1 Å². The Balaban J connectivity index is 1.53. The SMILES string of the molecule is NC(=O)[C@@]1(Cc2cccc(-c3ccccc3)c2)CN(C(=O)Cc2ccccc2)CCO1. The molecule has 3 aromatic rings. The largest absolute Gasteiger partial charge is 0.367 e. The van der Waals surface area contributed by atoms with Crippen molar-refractivity contribution in [1.29, 1.82) is 0 Å². The molecule has 5 nitrogen and oxygen atoms in total. The molecule has 1 atom stereocenters. The van der Waals surface area contributed by atoms with Crippen molar-refractivity contribution in [2.45, 2.75) is 18.4 Å². The van der Waals surface area contributed by atoms with Gasteiger partial charge in [0.1, 0.15) is 0 Å². The highest BCUT2D eigenvalue weighted by atomic mass is 16.5. The first kappa shape index (κ1) is 20.8. The van der Waals surface area contributed by atoms with E-state index in [4.69, 9.17) is 10.5 Å². The second-order valence-electron chi connectivity index (χ2n) is 7.93. The minimum Gasteiger partial charge on any atom is -0.367 e. The Hall–Kier alpha value is -3.44. The number of hydrogen-bond donors (Lipinski definition) is 1. The van der Waals surface area contributed by atoms with Crippen LogP contribution in [0.3, 0.4) is 0 Å². The first-order chi connectivity index (χ1) is 15.1. The Bertz CT molecular complexity index is 1050.